The fourth-order valence-electron chi connectivity index (χ4n) is 1.77. The molecule has 0 aromatic rings. The number of halogens is 16. The van der Waals surface area contributed by atoms with E-state index in [1.165, 1.54) is 0 Å². The van der Waals surface area contributed by atoms with Crippen molar-refractivity contribution >= 4 is 0 Å². The van der Waals surface area contributed by atoms with Crippen LogP contribution in [-0.4, -0.2) is 61.6 Å². The predicted octanol–water partition coefficient (Wildman–Crippen LogP) is 6.12. The third-order valence-electron chi connectivity index (χ3n) is 3.22. The third kappa shape index (κ3) is 8.24. The molecule has 0 aliphatic carbocycles. The van der Waals surface area contributed by atoms with Crippen LogP contribution in [0.1, 0.15) is 12.8 Å². The van der Waals surface area contributed by atoms with Gasteiger partial charge in [0.15, 0.2) is 12.2 Å². The summed E-state index contributed by atoms with van der Waals surface area (Å²) in [4.78, 5) is 0. The van der Waals surface area contributed by atoms with Crippen LogP contribution in [0.15, 0.2) is 0 Å². The Balaban J connectivity index is 5.79. The molecule has 0 rings (SSSR count). The van der Waals surface area contributed by atoms with E-state index in [0.29, 0.717) is 0 Å². The Hall–Kier alpha value is -1.16. The van der Waals surface area contributed by atoms with Gasteiger partial charge in [0.05, 0.1) is 0 Å². The second-order valence-electron chi connectivity index (χ2n) is 5.60. The van der Waals surface area contributed by atoms with E-state index in [1.54, 1.807) is 0 Å². The zero-order valence-electron chi connectivity index (χ0n) is 13.3. The van der Waals surface area contributed by atoms with E-state index in [2.05, 4.69) is 4.74 Å². The molecule has 0 aliphatic rings. The summed E-state index contributed by atoms with van der Waals surface area (Å²) in [6.07, 6.45) is -46.0. The average molecular weight is 474 g/mol. The Morgan fingerprint density at radius 2 is 0.724 bits per heavy atom. The summed E-state index contributed by atoms with van der Waals surface area (Å²) in [6, 6.07) is 0. The predicted molar refractivity (Wildman–Crippen MR) is 61.7 cm³/mol. The number of hydrogen-bond donors (Lipinski definition) is 0. The molecule has 176 valence electrons. The normalized spacial score (nSPS) is 18.8. The van der Waals surface area contributed by atoms with Crippen molar-refractivity contribution in [1.82, 2.24) is 0 Å². The highest BCUT2D eigenvalue weighted by Crippen LogP contribution is 2.42. The minimum atomic E-state index is -6.25. The highest BCUT2D eigenvalue weighted by Gasteiger charge is 2.59. The van der Waals surface area contributed by atoms with Gasteiger partial charge in [-0.1, -0.05) is 0 Å². The topological polar surface area (TPSA) is 9.23 Å². The van der Waals surface area contributed by atoms with Gasteiger partial charge in [0.1, 0.15) is 0 Å². The molecule has 0 heterocycles. The maximum absolute atomic E-state index is 13.1. The molecular weight excluding hydrogens is 464 g/mol. The Kier molecular flexibility index (Phi) is 8.95. The minimum Gasteiger partial charge on any atom is -0.356 e. The lowest BCUT2D eigenvalue weighted by Gasteiger charge is -2.33. The Morgan fingerprint density at radius 3 is 0.897 bits per heavy atom. The third-order valence-corrected chi connectivity index (χ3v) is 3.22. The van der Waals surface area contributed by atoms with Crippen LogP contribution >= 0.6 is 0 Å². The molecule has 0 aromatic carbocycles. The fourth-order valence-corrected chi connectivity index (χ4v) is 1.77. The zero-order chi connectivity index (χ0) is 23.6. The molecule has 0 saturated carbocycles. The van der Waals surface area contributed by atoms with Crippen molar-refractivity contribution in [2.45, 2.75) is 74.4 Å². The molecule has 0 bridgehead atoms. The molecule has 0 aliphatic heterocycles. The van der Waals surface area contributed by atoms with Gasteiger partial charge < -0.3 is 4.74 Å². The molecule has 0 amide bonds. The van der Waals surface area contributed by atoms with E-state index < -0.39 is 74.4 Å². The van der Waals surface area contributed by atoms with Gasteiger partial charge in [-0.05, 0) is 0 Å². The molecule has 0 fully saturated rings. The lowest BCUT2D eigenvalue weighted by molar-refractivity contribution is -0.311. The van der Waals surface area contributed by atoms with Gasteiger partial charge in [-0.15, -0.1) is 0 Å². The summed E-state index contributed by atoms with van der Waals surface area (Å²) in [5.74, 6) is -11.3. The van der Waals surface area contributed by atoms with Crippen molar-refractivity contribution in [3.63, 3.8) is 0 Å². The van der Waals surface area contributed by atoms with Crippen LogP contribution in [0.5, 0.6) is 0 Å². The van der Waals surface area contributed by atoms with Crippen molar-refractivity contribution in [2.75, 3.05) is 0 Å². The minimum absolute atomic E-state index is 3.08. The Bertz CT molecular complexity index is 453. The molecule has 4 unspecified atom stereocenters. The molecule has 29 heavy (non-hydrogen) atoms. The van der Waals surface area contributed by atoms with Crippen molar-refractivity contribution in [2.24, 2.45) is 0 Å². The first kappa shape index (κ1) is 27.8. The largest absolute Gasteiger partial charge is 0.414 e. The summed E-state index contributed by atoms with van der Waals surface area (Å²) in [7, 11) is 0. The van der Waals surface area contributed by atoms with E-state index >= 15 is 0 Å². The van der Waals surface area contributed by atoms with Gasteiger partial charge in [-0.25, -0.2) is 43.9 Å². The average Bonchev–Trinajstić information content (AvgIpc) is 2.49. The van der Waals surface area contributed by atoms with Crippen LogP contribution < -0.4 is 0 Å². The van der Waals surface area contributed by atoms with Crippen molar-refractivity contribution in [3.05, 3.63) is 0 Å². The standard InChI is InChI=1S/C12H10F16O/c13-5(7(15)16)9(19,20)1-3(11(23,24)25)29-4(12(26,27)28)2-10(21,22)6(14)8(17)18/h3-8H,1-2H2. The zero-order valence-corrected chi connectivity index (χ0v) is 13.3. The molecule has 0 saturated heterocycles. The molecule has 0 aromatic heterocycles. The lowest BCUT2D eigenvalue weighted by atomic mass is 10.0. The van der Waals surface area contributed by atoms with Gasteiger partial charge in [-0.3, -0.25) is 0 Å². The monoisotopic (exact) mass is 474 g/mol. The summed E-state index contributed by atoms with van der Waals surface area (Å²) < 4.78 is 205. The SMILES string of the molecule is FC(F)C(F)C(F)(F)CC(OC(CC(F)(F)C(F)C(F)F)C(F)(F)F)C(F)(F)F. The Labute approximate surface area is 151 Å². The number of ether oxygens (including phenoxy) is 1. The highest BCUT2D eigenvalue weighted by atomic mass is 19.4. The van der Waals surface area contributed by atoms with Crippen LogP contribution in [0, 0.1) is 0 Å². The van der Waals surface area contributed by atoms with E-state index in [4.69, 9.17) is 0 Å². The van der Waals surface area contributed by atoms with Gasteiger partial charge >= 0.3 is 12.4 Å². The van der Waals surface area contributed by atoms with Gasteiger partial charge in [0.25, 0.3) is 24.7 Å². The molecular formula is C12H10F16O. The second kappa shape index (κ2) is 9.32. The van der Waals surface area contributed by atoms with E-state index in [-0.39, 0.29) is 0 Å². The second-order valence-corrected chi connectivity index (χ2v) is 5.60. The van der Waals surface area contributed by atoms with Crippen LogP contribution in [0.3, 0.4) is 0 Å². The molecule has 0 radical (unpaired) electrons. The van der Waals surface area contributed by atoms with Gasteiger partial charge in [0.2, 0.25) is 12.3 Å². The van der Waals surface area contributed by atoms with E-state index in [1.807, 2.05) is 0 Å². The molecule has 4 atom stereocenters. The van der Waals surface area contributed by atoms with E-state index in [9.17, 15) is 70.2 Å². The smallest absolute Gasteiger partial charge is 0.356 e. The van der Waals surface area contributed by atoms with Crippen molar-refractivity contribution < 1.29 is 75.0 Å². The first-order chi connectivity index (χ1) is 12.6. The maximum atomic E-state index is 13.1. The molecule has 17 heteroatoms. The maximum Gasteiger partial charge on any atom is 0.414 e. The summed E-state index contributed by atoms with van der Waals surface area (Å²) >= 11 is 0. The highest BCUT2D eigenvalue weighted by molar-refractivity contribution is 4.89. The summed E-state index contributed by atoms with van der Waals surface area (Å²) in [6.45, 7) is 0. The quantitative estimate of drug-likeness (QED) is 0.347. The van der Waals surface area contributed by atoms with Crippen LogP contribution in [-0.2, 0) is 4.74 Å². The number of alkyl halides is 16. The van der Waals surface area contributed by atoms with E-state index in [0.717, 1.165) is 0 Å². The number of rotatable bonds is 10. The van der Waals surface area contributed by atoms with Gasteiger partial charge in [-0.2, -0.15) is 26.3 Å². The number of hydrogen-bond acceptors (Lipinski definition) is 1. The van der Waals surface area contributed by atoms with Gasteiger partial charge in [0, 0.05) is 12.8 Å². The summed E-state index contributed by atoms with van der Waals surface area (Å²) in [5, 5.41) is 0. The lowest BCUT2D eigenvalue weighted by Crippen LogP contribution is -2.50. The summed E-state index contributed by atoms with van der Waals surface area (Å²) in [5.41, 5.74) is 0. The first-order valence-electron chi connectivity index (χ1n) is 7.02. The molecule has 0 spiro atoms. The van der Waals surface area contributed by atoms with Crippen molar-refractivity contribution in [1.29, 1.82) is 0 Å². The van der Waals surface area contributed by atoms with Crippen LogP contribution in [0.4, 0.5) is 70.2 Å². The Morgan fingerprint density at radius 1 is 0.483 bits per heavy atom. The van der Waals surface area contributed by atoms with Crippen LogP contribution in [0.25, 0.3) is 0 Å². The molecule has 0 N–H and O–H groups in total. The first-order valence-corrected chi connectivity index (χ1v) is 7.02. The molecule has 1 nitrogen and oxygen atoms in total. The van der Waals surface area contributed by atoms with Crippen LogP contribution in [0.2, 0.25) is 0 Å². The van der Waals surface area contributed by atoms with Crippen molar-refractivity contribution in [3.8, 4) is 0 Å². The fraction of sp³-hybridized carbons (Fsp3) is 1.00.